The Labute approximate surface area is 122 Å². The van der Waals surface area contributed by atoms with Crippen LogP contribution in [0, 0.1) is 0 Å². The number of piperidine rings is 1. The Kier molecular flexibility index (Phi) is 4.07. The largest absolute Gasteiger partial charge is 0.480 e. The van der Waals surface area contributed by atoms with Crippen molar-refractivity contribution in [2.24, 2.45) is 0 Å². The fourth-order valence-corrected chi connectivity index (χ4v) is 4.65. The zero-order chi connectivity index (χ0) is 14.1. The number of rotatable bonds is 2. The van der Waals surface area contributed by atoms with E-state index in [1.165, 1.54) is 29.5 Å². The van der Waals surface area contributed by atoms with Crippen LogP contribution >= 0.6 is 11.8 Å². The highest BCUT2D eigenvalue weighted by molar-refractivity contribution is 7.99. The topological polar surface area (TPSA) is 72.9 Å². The maximum atomic E-state index is 12.3. The van der Waals surface area contributed by atoms with E-state index in [1.807, 2.05) is 0 Å². The summed E-state index contributed by atoms with van der Waals surface area (Å²) in [6.45, 7) is 2.18. The van der Waals surface area contributed by atoms with E-state index in [-0.39, 0.29) is 12.1 Å². The maximum Gasteiger partial charge on any atom is 0.327 e. The number of carbonyl (C=O) groups excluding carboxylic acids is 1. The molecule has 0 aromatic heterocycles. The summed E-state index contributed by atoms with van der Waals surface area (Å²) in [5.41, 5.74) is 0. The van der Waals surface area contributed by atoms with Gasteiger partial charge >= 0.3 is 12.0 Å². The molecule has 3 aliphatic rings. The van der Waals surface area contributed by atoms with Crippen molar-refractivity contribution >= 4 is 23.8 Å². The van der Waals surface area contributed by atoms with E-state index in [2.05, 4.69) is 10.2 Å². The second-order valence-electron chi connectivity index (χ2n) is 5.77. The van der Waals surface area contributed by atoms with Gasteiger partial charge in [-0.2, -0.15) is 0 Å². The Morgan fingerprint density at radius 2 is 2.05 bits per heavy atom. The van der Waals surface area contributed by atoms with E-state index in [9.17, 15) is 9.59 Å². The van der Waals surface area contributed by atoms with Crippen molar-refractivity contribution in [2.45, 2.75) is 43.8 Å². The minimum atomic E-state index is -0.907. The van der Waals surface area contributed by atoms with Gasteiger partial charge in [-0.1, -0.05) is 6.42 Å². The molecule has 0 bridgehead atoms. The van der Waals surface area contributed by atoms with Crippen molar-refractivity contribution in [1.29, 1.82) is 0 Å². The molecule has 2 N–H and O–H groups in total. The molecule has 0 radical (unpaired) electrons. The molecule has 3 heterocycles. The van der Waals surface area contributed by atoms with Crippen LogP contribution in [0.15, 0.2) is 0 Å². The lowest BCUT2D eigenvalue weighted by atomic mass is 9.99. The fourth-order valence-electron chi connectivity index (χ4n) is 3.50. The third-order valence-electron chi connectivity index (χ3n) is 4.59. The number of nitrogens with zero attached hydrogens (tertiary/aromatic N) is 2. The van der Waals surface area contributed by atoms with Crippen LogP contribution in [0.4, 0.5) is 4.79 Å². The number of amides is 2. The summed E-state index contributed by atoms with van der Waals surface area (Å²) >= 11 is 1.50. The molecular formula is C13H21N3O3S. The highest BCUT2D eigenvalue weighted by Crippen LogP contribution is 2.28. The van der Waals surface area contributed by atoms with Crippen molar-refractivity contribution in [3.63, 3.8) is 0 Å². The first kappa shape index (κ1) is 14.0. The molecule has 0 aromatic carbocycles. The van der Waals surface area contributed by atoms with Crippen LogP contribution in [-0.2, 0) is 4.79 Å². The Morgan fingerprint density at radius 1 is 1.20 bits per heavy atom. The second kappa shape index (κ2) is 5.81. The number of fused-ring (bicyclic) bond motifs is 1. The van der Waals surface area contributed by atoms with Gasteiger partial charge < -0.3 is 15.3 Å². The van der Waals surface area contributed by atoms with Crippen molar-refractivity contribution in [1.82, 2.24) is 15.1 Å². The lowest BCUT2D eigenvalue weighted by molar-refractivity contribution is -0.140. The molecule has 3 aliphatic heterocycles. The van der Waals surface area contributed by atoms with Gasteiger partial charge in [0.1, 0.15) is 6.04 Å². The number of carbonyl (C=O) groups is 2. The molecule has 3 rings (SSSR count). The van der Waals surface area contributed by atoms with Crippen molar-refractivity contribution in [2.75, 3.05) is 24.7 Å². The summed E-state index contributed by atoms with van der Waals surface area (Å²) in [5, 5.41) is 12.2. The van der Waals surface area contributed by atoms with Gasteiger partial charge in [0.25, 0.3) is 0 Å². The molecule has 3 saturated heterocycles. The van der Waals surface area contributed by atoms with E-state index >= 15 is 0 Å². The van der Waals surface area contributed by atoms with E-state index in [0.29, 0.717) is 17.7 Å². The number of hydrogen-bond donors (Lipinski definition) is 2. The summed E-state index contributed by atoms with van der Waals surface area (Å²) < 4.78 is 0. The van der Waals surface area contributed by atoms with Gasteiger partial charge in [0.2, 0.25) is 0 Å². The SMILES string of the molecule is O=C(O)C1CSCN1C(=O)NC1CCN2CCCCC12. The standard InChI is InChI=1S/C13H21N3O3S/c17-12(18)11-7-20-8-16(11)13(19)14-9-4-6-15-5-2-1-3-10(9)15/h9-11H,1-8H2,(H,14,19)(H,17,18). The fraction of sp³-hybridized carbons (Fsp3) is 0.846. The van der Waals surface area contributed by atoms with Crippen LogP contribution < -0.4 is 5.32 Å². The minimum absolute atomic E-state index is 0.183. The van der Waals surface area contributed by atoms with E-state index in [1.54, 1.807) is 0 Å². The highest BCUT2D eigenvalue weighted by Gasteiger charge is 2.39. The molecule has 0 aliphatic carbocycles. The summed E-state index contributed by atoms with van der Waals surface area (Å²) in [4.78, 5) is 27.4. The van der Waals surface area contributed by atoms with Crippen LogP contribution in [-0.4, -0.2) is 69.8 Å². The molecule has 0 spiro atoms. The van der Waals surface area contributed by atoms with Crippen molar-refractivity contribution in [3.05, 3.63) is 0 Å². The van der Waals surface area contributed by atoms with Gasteiger partial charge in [0, 0.05) is 24.4 Å². The summed E-state index contributed by atoms with van der Waals surface area (Å²) in [6, 6.07) is -0.252. The summed E-state index contributed by atoms with van der Waals surface area (Å²) in [7, 11) is 0. The zero-order valence-corrected chi connectivity index (χ0v) is 12.3. The van der Waals surface area contributed by atoms with Gasteiger partial charge in [-0.05, 0) is 25.8 Å². The molecule has 3 atom stereocenters. The Balaban J connectivity index is 1.60. The molecule has 20 heavy (non-hydrogen) atoms. The normalized spacial score (nSPS) is 34.0. The molecule has 7 heteroatoms. The van der Waals surface area contributed by atoms with Crippen LogP contribution in [0.25, 0.3) is 0 Å². The van der Waals surface area contributed by atoms with Gasteiger partial charge in [-0.25, -0.2) is 9.59 Å². The molecule has 0 aromatic rings. The molecule has 3 unspecified atom stereocenters. The molecule has 3 fully saturated rings. The quantitative estimate of drug-likeness (QED) is 0.788. The lowest BCUT2D eigenvalue weighted by Gasteiger charge is -2.33. The molecule has 112 valence electrons. The molecular weight excluding hydrogens is 278 g/mol. The van der Waals surface area contributed by atoms with E-state index in [0.717, 1.165) is 25.9 Å². The number of carboxylic acid groups (broad SMARTS) is 1. The van der Waals surface area contributed by atoms with E-state index in [4.69, 9.17) is 5.11 Å². The average molecular weight is 299 g/mol. The number of thioether (sulfide) groups is 1. The number of nitrogens with one attached hydrogen (secondary N) is 1. The summed E-state index contributed by atoms with van der Waals surface area (Å²) in [5.74, 6) is 0.0585. The Bertz CT molecular complexity index is 406. The third-order valence-corrected chi connectivity index (χ3v) is 5.61. The van der Waals surface area contributed by atoms with Gasteiger partial charge in [0.05, 0.1) is 5.88 Å². The predicted molar refractivity (Wildman–Crippen MR) is 76.7 cm³/mol. The first-order valence-electron chi connectivity index (χ1n) is 7.28. The molecule has 6 nitrogen and oxygen atoms in total. The first-order chi connectivity index (χ1) is 9.66. The number of hydrogen-bond acceptors (Lipinski definition) is 4. The van der Waals surface area contributed by atoms with Gasteiger partial charge in [-0.3, -0.25) is 4.90 Å². The van der Waals surface area contributed by atoms with Crippen molar-refractivity contribution in [3.8, 4) is 0 Å². The Hall–Kier alpha value is -0.950. The first-order valence-corrected chi connectivity index (χ1v) is 8.44. The summed E-state index contributed by atoms with van der Waals surface area (Å²) in [6.07, 6.45) is 4.60. The maximum absolute atomic E-state index is 12.3. The van der Waals surface area contributed by atoms with Gasteiger partial charge in [0.15, 0.2) is 0 Å². The van der Waals surface area contributed by atoms with Crippen LogP contribution in [0.5, 0.6) is 0 Å². The van der Waals surface area contributed by atoms with Crippen LogP contribution in [0.1, 0.15) is 25.7 Å². The van der Waals surface area contributed by atoms with Gasteiger partial charge in [-0.15, -0.1) is 11.8 Å². The average Bonchev–Trinajstić information content (AvgIpc) is 3.06. The molecule has 2 amide bonds. The molecule has 0 saturated carbocycles. The lowest BCUT2D eigenvalue weighted by Crippen LogP contribution is -2.53. The number of aliphatic carboxylic acids is 1. The van der Waals surface area contributed by atoms with Crippen LogP contribution in [0.3, 0.4) is 0 Å². The second-order valence-corrected chi connectivity index (χ2v) is 6.77. The van der Waals surface area contributed by atoms with Crippen LogP contribution in [0.2, 0.25) is 0 Å². The minimum Gasteiger partial charge on any atom is -0.480 e. The number of carboxylic acids is 1. The predicted octanol–water partition coefficient (Wildman–Crippen LogP) is 0.782. The van der Waals surface area contributed by atoms with Crippen molar-refractivity contribution < 1.29 is 14.7 Å². The smallest absolute Gasteiger partial charge is 0.327 e. The highest BCUT2D eigenvalue weighted by atomic mass is 32.2. The monoisotopic (exact) mass is 299 g/mol. The number of urea groups is 1. The zero-order valence-electron chi connectivity index (χ0n) is 11.5. The van der Waals surface area contributed by atoms with E-state index < -0.39 is 12.0 Å². The third kappa shape index (κ3) is 2.61. The Morgan fingerprint density at radius 3 is 2.85 bits per heavy atom.